The molecule has 1 amide bonds. The van der Waals surface area contributed by atoms with Crippen molar-refractivity contribution in [1.82, 2.24) is 14.8 Å². The molecule has 0 unspecified atom stereocenters. The van der Waals surface area contributed by atoms with E-state index in [0.717, 1.165) is 5.56 Å². The van der Waals surface area contributed by atoms with Gasteiger partial charge in [0.1, 0.15) is 30.8 Å². The average molecular weight is 352 g/mol. The molecule has 1 aromatic heterocycles. The maximum Gasteiger partial charge on any atom is 0.248 e. The van der Waals surface area contributed by atoms with Gasteiger partial charge in [0.25, 0.3) is 0 Å². The molecule has 0 aliphatic heterocycles. The summed E-state index contributed by atoms with van der Waals surface area (Å²) in [6.07, 6.45) is 6.10. The van der Waals surface area contributed by atoms with E-state index in [9.17, 15) is 9.18 Å². The Morgan fingerprint density at radius 3 is 2.85 bits per heavy atom. The van der Waals surface area contributed by atoms with Gasteiger partial charge in [-0.25, -0.2) is 14.1 Å². The van der Waals surface area contributed by atoms with E-state index in [2.05, 4.69) is 15.4 Å². The quantitative estimate of drug-likeness (QED) is 0.663. The number of hydrogen-bond acceptors (Lipinski definition) is 4. The van der Waals surface area contributed by atoms with Gasteiger partial charge in [-0.15, -0.1) is 0 Å². The van der Waals surface area contributed by atoms with E-state index < -0.39 is 0 Å². The van der Waals surface area contributed by atoms with Crippen LogP contribution in [0.5, 0.6) is 5.75 Å². The summed E-state index contributed by atoms with van der Waals surface area (Å²) in [6.45, 7) is 1.02. The summed E-state index contributed by atoms with van der Waals surface area (Å²) in [6, 6.07) is 13.0. The lowest BCUT2D eigenvalue weighted by molar-refractivity contribution is -0.111. The molecule has 0 saturated heterocycles. The Bertz CT molecular complexity index is 877. The number of benzene rings is 2. The van der Waals surface area contributed by atoms with E-state index in [1.54, 1.807) is 47.4 Å². The second-order valence-corrected chi connectivity index (χ2v) is 5.41. The molecule has 0 aliphatic carbocycles. The van der Waals surface area contributed by atoms with Gasteiger partial charge in [0, 0.05) is 17.8 Å². The molecule has 0 aliphatic rings. The largest absolute Gasteiger partial charge is 0.492 e. The molecule has 3 aromatic rings. The Hall–Kier alpha value is -3.48. The van der Waals surface area contributed by atoms with Crippen molar-refractivity contribution < 1.29 is 13.9 Å². The van der Waals surface area contributed by atoms with Crippen molar-refractivity contribution in [2.45, 2.75) is 6.54 Å². The van der Waals surface area contributed by atoms with Crippen molar-refractivity contribution in [3.8, 4) is 5.75 Å². The minimum atomic E-state index is -0.313. The van der Waals surface area contributed by atoms with Crippen LogP contribution in [0.15, 0.2) is 67.3 Å². The van der Waals surface area contributed by atoms with Crippen molar-refractivity contribution >= 4 is 17.7 Å². The monoisotopic (exact) mass is 352 g/mol. The number of carbonyl (C=O) groups excluding carboxylic acids is 1. The maximum absolute atomic E-state index is 12.9. The standard InChI is InChI=1S/C19H17FN4O2/c20-16-7-4-15(5-8-16)6-9-19(25)23-17-2-1-3-18(12-17)26-11-10-24-14-21-13-22-24/h1-9,12-14H,10-11H2,(H,23,25)/b9-6+. The van der Waals surface area contributed by atoms with E-state index in [-0.39, 0.29) is 11.7 Å². The number of halogens is 1. The van der Waals surface area contributed by atoms with Crippen LogP contribution in [-0.4, -0.2) is 27.3 Å². The lowest BCUT2D eigenvalue weighted by Gasteiger charge is -2.08. The molecule has 3 rings (SSSR count). The van der Waals surface area contributed by atoms with Crippen LogP contribution in [0.4, 0.5) is 10.1 Å². The van der Waals surface area contributed by atoms with Gasteiger partial charge < -0.3 is 10.1 Å². The first-order valence-electron chi connectivity index (χ1n) is 7.99. The fourth-order valence-corrected chi connectivity index (χ4v) is 2.20. The number of amides is 1. The molecule has 0 saturated carbocycles. The first-order chi connectivity index (χ1) is 12.7. The summed E-state index contributed by atoms with van der Waals surface area (Å²) in [4.78, 5) is 15.9. The summed E-state index contributed by atoms with van der Waals surface area (Å²) < 4.78 is 20.2. The zero-order chi connectivity index (χ0) is 18.2. The van der Waals surface area contributed by atoms with Crippen LogP contribution in [0.25, 0.3) is 6.08 Å². The second kappa shape index (κ2) is 8.57. The third kappa shape index (κ3) is 5.27. The van der Waals surface area contributed by atoms with Crippen molar-refractivity contribution in [1.29, 1.82) is 0 Å². The number of rotatable bonds is 7. The fraction of sp³-hybridized carbons (Fsp3) is 0.105. The molecule has 6 nitrogen and oxygen atoms in total. The van der Waals surface area contributed by atoms with Crippen molar-refractivity contribution in [3.05, 3.63) is 78.6 Å². The molecule has 0 radical (unpaired) electrons. The van der Waals surface area contributed by atoms with Crippen LogP contribution in [0, 0.1) is 5.82 Å². The third-order valence-corrected chi connectivity index (χ3v) is 3.45. The number of anilines is 1. The Labute approximate surface area is 149 Å². The maximum atomic E-state index is 12.9. The van der Waals surface area contributed by atoms with Crippen molar-refractivity contribution in [2.75, 3.05) is 11.9 Å². The minimum absolute atomic E-state index is 0.283. The van der Waals surface area contributed by atoms with Crippen LogP contribution in [-0.2, 0) is 11.3 Å². The number of nitrogens with zero attached hydrogens (tertiary/aromatic N) is 3. The van der Waals surface area contributed by atoms with Gasteiger partial charge in [-0.1, -0.05) is 18.2 Å². The van der Waals surface area contributed by atoms with Crippen LogP contribution in [0.2, 0.25) is 0 Å². The number of ether oxygens (including phenoxy) is 1. The topological polar surface area (TPSA) is 69.0 Å². The molecule has 0 atom stereocenters. The number of carbonyl (C=O) groups is 1. The molecule has 2 aromatic carbocycles. The van der Waals surface area contributed by atoms with E-state index in [1.807, 2.05) is 6.07 Å². The van der Waals surface area contributed by atoms with Crippen LogP contribution < -0.4 is 10.1 Å². The summed E-state index contributed by atoms with van der Waals surface area (Å²) in [5.74, 6) is 0.0479. The first kappa shape index (κ1) is 17.3. The lowest BCUT2D eigenvalue weighted by Crippen LogP contribution is -2.10. The predicted molar refractivity (Wildman–Crippen MR) is 96.0 cm³/mol. The van der Waals surface area contributed by atoms with Gasteiger partial charge in [-0.05, 0) is 35.9 Å². The normalized spacial score (nSPS) is 10.8. The fourth-order valence-electron chi connectivity index (χ4n) is 2.20. The Morgan fingerprint density at radius 1 is 1.23 bits per heavy atom. The molecule has 0 spiro atoms. The average Bonchev–Trinajstić information content (AvgIpc) is 3.15. The Kier molecular flexibility index (Phi) is 5.72. The highest BCUT2D eigenvalue weighted by atomic mass is 19.1. The molecular weight excluding hydrogens is 335 g/mol. The van der Waals surface area contributed by atoms with Crippen molar-refractivity contribution in [3.63, 3.8) is 0 Å². The van der Waals surface area contributed by atoms with Crippen LogP contribution in [0.1, 0.15) is 5.56 Å². The van der Waals surface area contributed by atoms with Gasteiger partial charge in [-0.3, -0.25) is 4.79 Å². The van der Waals surface area contributed by atoms with Gasteiger partial charge in [-0.2, -0.15) is 5.10 Å². The molecule has 0 bridgehead atoms. The number of aromatic nitrogens is 3. The SMILES string of the molecule is O=C(/C=C/c1ccc(F)cc1)Nc1cccc(OCCn2cncn2)c1. The van der Waals surface area contributed by atoms with E-state index in [4.69, 9.17) is 4.74 Å². The number of nitrogens with one attached hydrogen (secondary N) is 1. The molecule has 7 heteroatoms. The van der Waals surface area contributed by atoms with E-state index in [0.29, 0.717) is 24.6 Å². The zero-order valence-electron chi connectivity index (χ0n) is 13.9. The second-order valence-electron chi connectivity index (χ2n) is 5.41. The highest BCUT2D eigenvalue weighted by molar-refractivity contribution is 6.02. The molecule has 132 valence electrons. The Balaban J connectivity index is 1.52. The molecular formula is C19H17FN4O2. The predicted octanol–water partition coefficient (Wildman–Crippen LogP) is 3.15. The summed E-state index contributed by atoms with van der Waals surface area (Å²) >= 11 is 0. The molecule has 1 heterocycles. The van der Waals surface area contributed by atoms with Gasteiger partial charge in [0.15, 0.2) is 0 Å². The first-order valence-corrected chi connectivity index (χ1v) is 7.99. The van der Waals surface area contributed by atoms with E-state index >= 15 is 0 Å². The smallest absolute Gasteiger partial charge is 0.248 e. The van der Waals surface area contributed by atoms with Crippen LogP contribution in [0.3, 0.4) is 0 Å². The van der Waals surface area contributed by atoms with Gasteiger partial charge >= 0.3 is 0 Å². The molecule has 0 fully saturated rings. The Morgan fingerprint density at radius 2 is 2.08 bits per heavy atom. The lowest BCUT2D eigenvalue weighted by atomic mass is 10.2. The highest BCUT2D eigenvalue weighted by Gasteiger charge is 2.01. The van der Waals surface area contributed by atoms with Crippen molar-refractivity contribution in [2.24, 2.45) is 0 Å². The number of hydrogen-bond donors (Lipinski definition) is 1. The van der Waals surface area contributed by atoms with E-state index in [1.165, 1.54) is 24.5 Å². The molecule has 26 heavy (non-hydrogen) atoms. The molecule has 1 N–H and O–H groups in total. The van der Waals surface area contributed by atoms with Crippen LogP contribution >= 0.6 is 0 Å². The summed E-state index contributed by atoms with van der Waals surface area (Å²) in [5, 5.41) is 6.76. The summed E-state index contributed by atoms with van der Waals surface area (Å²) in [5.41, 5.74) is 1.36. The third-order valence-electron chi connectivity index (χ3n) is 3.45. The minimum Gasteiger partial charge on any atom is -0.492 e. The summed E-state index contributed by atoms with van der Waals surface area (Å²) in [7, 11) is 0. The van der Waals surface area contributed by atoms with Gasteiger partial charge in [0.05, 0.1) is 6.54 Å². The van der Waals surface area contributed by atoms with Gasteiger partial charge in [0.2, 0.25) is 5.91 Å². The highest BCUT2D eigenvalue weighted by Crippen LogP contribution is 2.17. The zero-order valence-corrected chi connectivity index (χ0v) is 13.9.